The van der Waals surface area contributed by atoms with E-state index in [1.54, 1.807) is 11.8 Å². The van der Waals surface area contributed by atoms with Crippen LogP contribution in [-0.4, -0.2) is 12.3 Å². The Morgan fingerprint density at radius 1 is 1.71 bits per heavy atom. The zero-order chi connectivity index (χ0) is 4.41. The Labute approximate surface area is 49.2 Å². The van der Waals surface area contributed by atoms with Gasteiger partial charge in [-0.15, -0.1) is 11.8 Å². The minimum absolute atomic E-state index is 0. The lowest BCUT2D eigenvalue weighted by molar-refractivity contribution is 0.950. The maximum Gasteiger partial charge on any atom is 0.0609 e. The number of rotatable bonds is 0. The zero-order valence-corrected chi connectivity index (χ0v) is 4.35. The highest BCUT2D eigenvalue weighted by Crippen LogP contribution is 2.13. The van der Waals surface area contributed by atoms with Gasteiger partial charge in [0.05, 0.1) is 5.03 Å². The Hall–Kier alpha value is -0.110. The molecule has 1 rings (SSSR count). The first-order valence-corrected chi connectivity index (χ1v) is 2.94. The monoisotopic (exact) mass is 117 g/mol. The molecule has 7 heavy (non-hydrogen) atoms. The molecule has 0 radical (unpaired) electrons. The van der Waals surface area contributed by atoms with Gasteiger partial charge in [-0.3, -0.25) is 0 Å². The van der Waals surface area contributed by atoms with E-state index in [9.17, 15) is 0 Å². The molecule has 2 heteroatoms. The van der Waals surface area contributed by atoms with Crippen molar-refractivity contribution < 1.29 is 0 Å². The average molecular weight is 117 g/mol. The van der Waals surface area contributed by atoms with Crippen molar-refractivity contribution >= 4 is 11.8 Å². The first-order chi connectivity index (χ1) is 2.89. The Bertz CT molecular complexity index is 62.5. The van der Waals surface area contributed by atoms with Gasteiger partial charge in [-0.1, -0.05) is 14.0 Å². The zero-order valence-electron chi connectivity index (χ0n) is 3.53. The quantitative estimate of drug-likeness (QED) is 0.515. The van der Waals surface area contributed by atoms with Crippen molar-refractivity contribution in [2.24, 2.45) is 0 Å². The van der Waals surface area contributed by atoms with Crippen LogP contribution in [0.5, 0.6) is 0 Å². The highest BCUT2D eigenvalue weighted by Gasteiger charge is 1.99. The summed E-state index contributed by atoms with van der Waals surface area (Å²) < 4.78 is 0. The Kier molecular flexibility index (Phi) is 2.92. The minimum Gasteiger partial charge on any atom is -0.380 e. The van der Waals surface area contributed by atoms with Crippen molar-refractivity contribution in [1.82, 2.24) is 5.32 Å². The average Bonchev–Trinajstić information content (AvgIpc) is 1.86. The van der Waals surface area contributed by atoms with Gasteiger partial charge in [0.2, 0.25) is 0 Å². The predicted octanol–water partition coefficient (Wildman–Crippen LogP) is 1.43. The van der Waals surface area contributed by atoms with E-state index in [0.29, 0.717) is 0 Å². The lowest BCUT2D eigenvalue weighted by Crippen LogP contribution is -2.02. The molecule has 1 aliphatic rings. The molecule has 1 nitrogen and oxygen atoms in total. The summed E-state index contributed by atoms with van der Waals surface area (Å²) in [5.74, 6) is 1.19. The van der Waals surface area contributed by atoms with E-state index in [2.05, 4.69) is 11.9 Å². The molecule has 0 aromatic carbocycles. The second kappa shape index (κ2) is 2.97. The molecule has 0 bridgehead atoms. The van der Waals surface area contributed by atoms with Gasteiger partial charge >= 0.3 is 0 Å². The van der Waals surface area contributed by atoms with Crippen LogP contribution in [0.25, 0.3) is 0 Å². The number of nitrogens with one attached hydrogen (secondary N) is 1. The molecule has 42 valence electrons. The van der Waals surface area contributed by atoms with Gasteiger partial charge in [-0.2, -0.15) is 0 Å². The van der Waals surface area contributed by atoms with Crippen molar-refractivity contribution in [2.75, 3.05) is 12.3 Å². The predicted molar refractivity (Wildman–Crippen MR) is 36.3 cm³/mol. The van der Waals surface area contributed by atoms with Gasteiger partial charge in [0.1, 0.15) is 0 Å². The summed E-state index contributed by atoms with van der Waals surface area (Å²) in [7, 11) is 0. The van der Waals surface area contributed by atoms with E-state index >= 15 is 0 Å². The van der Waals surface area contributed by atoms with Crippen LogP contribution in [0, 0.1) is 0 Å². The molecule has 1 N–H and O–H groups in total. The van der Waals surface area contributed by atoms with Crippen LogP contribution in [0.15, 0.2) is 11.6 Å². The van der Waals surface area contributed by atoms with Gasteiger partial charge in [-0.25, -0.2) is 0 Å². The second-order valence-corrected chi connectivity index (χ2v) is 2.39. The summed E-state index contributed by atoms with van der Waals surface area (Å²) in [5.41, 5.74) is 0. The molecule has 0 aromatic rings. The molecule has 0 saturated carbocycles. The SMILES string of the molecule is C.C=C1NCCS1. The van der Waals surface area contributed by atoms with E-state index in [1.165, 1.54) is 5.75 Å². The topological polar surface area (TPSA) is 12.0 Å². The van der Waals surface area contributed by atoms with Crippen LogP contribution in [-0.2, 0) is 0 Å². The van der Waals surface area contributed by atoms with Crippen LogP contribution in [0.2, 0.25) is 0 Å². The molecular formula is C5H11NS. The fraction of sp³-hybridized carbons (Fsp3) is 0.600. The van der Waals surface area contributed by atoms with E-state index in [0.717, 1.165) is 11.6 Å². The van der Waals surface area contributed by atoms with Crippen LogP contribution in [0.4, 0.5) is 0 Å². The number of hydrogen-bond acceptors (Lipinski definition) is 2. The molecule has 0 atom stereocenters. The molecule has 1 saturated heterocycles. The van der Waals surface area contributed by atoms with Gasteiger partial charge < -0.3 is 5.32 Å². The summed E-state index contributed by atoms with van der Waals surface area (Å²) in [4.78, 5) is 0. The van der Waals surface area contributed by atoms with Crippen molar-refractivity contribution in [2.45, 2.75) is 7.43 Å². The molecule has 0 aliphatic carbocycles. The van der Waals surface area contributed by atoms with Crippen molar-refractivity contribution in [3.63, 3.8) is 0 Å². The second-order valence-electron chi connectivity index (χ2n) is 1.20. The molecule has 0 aromatic heterocycles. The smallest absolute Gasteiger partial charge is 0.0609 e. The third-order valence-electron chi connectivity index (χ3n) is 0.701. The van der Waals surface area contributed by atoms with Crippen LogP contribution in [0.1, 0.15) is 7.43 Å². The Morgan fingerprint density at radius 2 is 2.43 bits per heavy atom. The van der Waals surface area contributed by atoms with E-state index in [4.69, 9.17) is 0 Å². The minimum atomic E-state index is 0. The number of hydrogen-bond donors (Lipinski definition) is 1. The van der Waals surface area contributed by atoms with E-state index in [1.807, 2.05) is 0 Å². The van der Waals surface area contributed by atoms with Gasteiger partial charge in [0, 0.05) is 12.3 Å². The van der Waals surface area contributed by atoms with Crippen molar-refractivity contribution in [3.05, 3.63) is 11.6 Å². The summed E-state index contributed by atoms with van der Waals surface area (Å²) >= 11 is 1.79. The summed E-state index contributed by atoms with van der Waals surface area (Å²) in [6.45, 7) is 4.81. The normalized spacial score (nSPS) is 18.0. The Morgan fingerprint density at radius 3 is 2.57 bits per heavy atom. The van der Waals surface area contributed by atoms with Crippen LogP contribution >= 0.6 is 11.8 Å². The number of thioether (sulfide) groups is 1. The van der Waals surface area contributed by atoms with Crippen molar-refractivity contribution in [1.29, 1.82) is 0 Å². The fourth-order valence-electron chi connectivity index (χ4n) is 0.416. The van der Waals surface area contributed by atoms with E-state index in [-0.39, 0.29) is 7.43 Å². The molecule has 1 fully saturated rings. The maximum atomic E-state index is 3.71. The standard InChI is InChI=1S/C4H7NS.CH4/c1-4-5-2-3-6-4;/h5H,1-3H2;1H4. The largest absolute Gasteiger partial charge is 0.380 e. The third-order valence-corrected chi connectivity index (χ3v) is 1.60. The first-order valence-electron chi connectivity index (χ1n) is 1.95. The summed E-state index contributed by atoms with van der Waals surface area (Å²) in [5, 5.41) is 4.21. The van der Waals surface area contributed by atoms with E-state index < -0.39 is 0 Å². The van der Waals surface area contributed by atoms with Crippen molar-refractivity contribution in [3.8, 4) is 0 Å². The van der Waals surface area contributed by atoms with Gasteiger partial charge in [0.25, 0.3) is 0 Å². The third kappa shape index (κ3) is 1.88. The van der Waals surface area contributed by atoms with Gasteiger partial charge in [0.15, 0.2) is 0 Å². The molecule has 0 spiro atoms. The highest BCUT2D eigenvalue weighted by molar-refractivity contribution is 8.03. The molecule has 1 aliphatic heterocycles. The fourth-order valence-corrected chi connectivity index (χ4v) is 1.07. The highest BCUT2D eigenvalue weighted by atomic mass is 32.2. The molecular weight excluding hydrogens is 106 g/mol. The molecule has 1 heterocycles. The van der Waals surface area contributed by atoms with Gasteiger partial charge in [-0.05, 0) is 0 Å². The maximum absolute atomic E-state index is 3.71. The Balaban J connectivity index is 0.000000360. The van der Waals surface area contributed by atoms with Crippen LogP contribution in [0.3, 0.4) is 0 Å². The lowest BCUT2D eigenvalue weighted by Gasteiger charge is -1.85. The molecule has 0 unspecified atom stereocenters. The summed E-state index contributed by atoms with van der Waals surface area (Å²) in [6, 6.07) is 0. The molecule has 0 amide bonds. The summed E-state index contributed by atoms with van der Waals surface area (Å²) in [6.07, 6.45) is 0. The van der Waals surface area contributed by atoms with Crippen LogP contribution < -0.4 is 5.32 Å². The lowest BCUT2D eigenvalue weighted by atomic mass is 10.7. The first kappa shape index (κ1) is 6.89.